The van der Waals surface area contributed by atoms with Gasteiger partial charge in [0.2, 0.25) is 0 Å². The SMILES string of the molecule is COC(=O)Cc1cccc(F)c1OCc1ccccc1. The molecular weight excluding hydrogens is 259 g/mol. The van der Waals surface area contributed by atoms with E-state index in [9.17, 15) is 9.18 Å². The van der Waals surface area contributed by atoms with Crippen molar-refractivity contribution >= 4 is 5.97 Å². The number of halogens is 1. The molecule has 4 heteroatoms. The van der Waals surface area contributed by atoms with Crippen molar-refractivity contribution < 1.29 is 18.7 Å². The number of carbonyl (C=O) groups excluding carboxylic acids is 1. The molecular formula is C16H15FO3. The summed E-state index contributed by atoms with van der Waals surface area (Å²) in [4.78, 5) is 11.3. The summed E-state index contributed by atoms with van der Waals surface area (Å²) >= 11 is 0. The van der Waals surface area contributed by atoms with Crippen molar-refractivity contribution in [2.24, 2.45) is 0 Å². The average molecular weight is 274 g/mol. The molecule has 0 unspecified atom stereocenters. The zero-order valence-electron chi connectivity index (χ0n) is 11.1. The van der Waals surface area contributed by atoms with Crippen LogP contribution in [0.25, 0.3) is 0 Å². The molecule has 0 atom stereocenters. The van der Waals surface area contributed by atoms with Crippen LogP contribution in [-0.2, 0) is 22.6 Å². The molecule has 0 bridgehead atoms. The molecule has 20 heavy (non-hydrogen) atoms. The van der Waals surface area contributed by atoms with Crippen LogP contribution in [0.2, 0.25) is 0 Å². The molecule has 104 valence electrons. The third-order valence-electron chi connectivity index (χ3n) is 2.84. The lowest BCUT2D eigenvalue weighted by atomic mass is 10.1. The smallest absolute Gasteiger partial charge is 0.310 e. The fourth-order valence-electron chi connectivity index (χ4n) is 1.81. The van der Waals surface area contributed by atoms with E-state index in [1.54, 1.807) is 12.1 Å². The van der Waals surface area contributed by atoms with Crippen LogP contribution in [0.15, 0.2) is 48.5 Å². The van der Waals surface area contributed by atoms with E-state index < -0.39 is 11.8 Å². The van der Waals surface area contributed by atoms with E-state index in [4.69, 9.17) is 4.74 Å². The third kappa shape index (κ3) is 3.57. The minimum atomic E-state index is -0.484. The van der Waals surface area contributed by atoms with Gasteiger partial charge in [-0.1, -0.05) is 42.5 Å². The molecule has 0 N–H and O–H groups in total. The Balaban J connectivity index is 2.15. The summed E-state index contributed by atoms with van der Waals surface area (Å²) in [5, 5.41) is 0. The van der Waals surface area contributed by atoms with Crippen LogP contribution in [0.3, 0.4) is 0 Å². The Bertz CT molecular complexity index is 582. The largest absolute Gasteiger partial charge is 0.486 e. The van der Waals surface area contributed by atoms with Gasteiger partial charge in [-0.05, 0) is 11.6 Å². The van der Waals surface area contributed by atoms with Crippen LogP contribution in [0, 0.1) is 5.82 Å². The lowest BCUT2D eigenvalue weighted by Crippen LogP contribution is -2.08. The Morgan fingerprint density at radius 3 is 2.55 bits per heavy atom. The Hall–Kier alpha value is -2.36. The molecule has 3 nitrogen and oxygen atoms in total. The van der Waals surface area contributed by atoms with Gasteiger partial charge in [-0.25, -0.2) is 4.39 Å². The van der Waals surface area contributed by atoms with Crippen molar-refractivity contribution in [3.8, 4) is 5.75 Å². The van der Waals surface area contributed by atoms with Gasteiger partial charge in [0.05, 0.1) is 13.5 Å². The van der Waals surface area contributed by atoms with E-state index in [0.29, 0.717) is 5.56 Å². The lowest BCUT2D eigenvalue weighted by molar-refractivity contribution is -0.139. The Morgan fingerprint density at radius 1 is 1.10 bits per heavy atom. The molecule has 0 fully saturated rings. The molecule has 2 aromatic rings. The van der Waals surface area contributed by atoms with Gasteiger partial charge in [-0.2, -0.15) is 0 Å². The maximum absolute atomic E-state index is 13.8. The standard InChI is InChI=1S/C16H15FO3/c1-19-15(18)10-13-8-5-9-14(17)16(13)20-11-12-6-3-2-4-7-12/h2-9H,10-11H2,1H3. The van der Waals surface area contributed by atoms with Crippen molar-refractivity contribution in [1.29, 1.82) is 0 Å². The first-order chi connectivity index (χ1) is 9.70. The summed E-state index contributed by atoms with van der Waals surface area (Å²) in [6.45, 7) is 0.246. The molecule has 2 rings (SSSR count). The van der Waals surface area contributed by atoms with Gasteiger partial charge < -0.3 is 9.47 Å². The van der Waals surface area contributed by atoms with Crippen molar-refractivity contribution in [1.82, 2.24) is 0 Å². The number of rotatable bonds is 5. The van der Waals surface area contributed by atoms with E-state index in [2.05, 4.69) is 4.74 Å². The summed E-state index contributed by atoms with van der Waals surface area (Å²) in [5.41, 5.74) is 1.41. The molecule has 2 aromatic carbocycles. The number of carbonyl (C=O) groups is 1. The van der Waals surface area contributed by atoms with E-state index in [1.165, 1.54) is 13.2 Å². The minimum absolute atomic E-state index is 0.0155. The van der Waals surface area contributed by atoms with Gasteiger partial charge >= 0.3 is 5.97 Å². The van der Waals surface area contributed by atoms with Crippen molar-refractivity contribution in [2.75, 3.05) is 7.11 Å². The maximum atomic E-state index is 13.8. The first kappa shape index (κ1) is 14.1. The average Bonchev–Trinajstić information content (AvgIpc) is 2.47. The molecule has 0 heterocycles. The molecule has 0 aliphatic carbocycles. The molecule has 0 saturated carbocycles. The number of para-hydroxylation sites is 1. The van der Waals surface area contributed by atoms with Crippen molar-refractivity contribution in [3.63, 3.8) is 0 Å². The number of benzene rings is 2. The predicted octanol–water partition coefficient (Wildman–Crippen LogP) is 3.12. The van der Waals surface area contributed by atoms with Crippen molar-refractivity contribution in [3.05, 3.63) is 65.5 Å². The third-order valence-corrected chi connectivity index (χ3v) is 2.84. The van der Waals surface area contributed by atoms with Crippen LogP contribution < -0.4 is 4.74 Å². The quantitative estimate of drug-likeness (QED) is 0.786. The summed E-state index contributed by atoms with van der Waals surface area (Å²) in [7, 11) is 1.30. The summed E-state index contributed by atoms with van der Waals surface area (Å²) in [5.74, 6) is -0.816. The monoisotopic (exact) mass is 274 g/mol. The fourth-order valence-corrected chi connectivity index (χ4v) is 1.81. The second-order valence-corrected chi connectivity index (χ2v) is 4.26. The fraction of sp³-hybridized carbons (Fsp3) is 0.188. The van der Waals surface area contributed by atoms with Crippen LogP contribution in [0.5, 0.6) is 5.75 Å². The van der Waals surface area contributed by atoms with Gasteiger partial charge in [-0.3, -0.25) is 4.79 Å². The summed E-state index contributed by atoms with van der Waals surface area (Å²) < 4.78 is 23.9. The number of esters is 1. The highest BCUT2D eigenvalue weighted by Crippen LogP contribution is 2.24. The number of ether oxygens (including phenoxy) is 2. The van der Waals surface area contributed by atoms with E-state index in [-0.39, 0.29) is 18.8 Å². The molecule has 0 aliphatic rings. The summed E-state index contributed by atoms with van der Waals surface area (Å²) in [6, 6.07) is 14.0. The first-order valence-corrected chi connectivity index (χ1v) is 6.21. The number of hydrogen-bond acceptors (Lipinski definition) is 3. The van der Waals surface area contributed by atoms with Gasteiger partial charge in [0.15, 0.2) is 11.6 Å². The number of methoxy groups -OCH3 is 1. The van der Waals surface area contributed by atoms with Gasteiger partial charge in [0.1, 0.15) is 6.61 Å². The Labute approximate surface area is 117 Å². The van der Waals surface area contributed by atoms with Crippen LogP contribution in [0.1, 0.15) is 11.1 Å². The van der Waals surface area contributed by atoms with Gasteiger partial charge in [0.25, 0.3) is 0 Å². The molecule has 0 saturated heterocycles. The molecule has 0 aliphatic heterocycles. The van der Waals surface area contributed by atoms with Crippen LogP contribution >= 0.6 is 0 Å². The zero-order valence-corrected chi connectivity index (χ0v) is 11.1. The highest BCUT2D eigenvalue weighted by atomic mass is 19.1. The highest BCUT2D eigenvalue weighted by molar-refractivity contribution is 5.73. The molecule has 0 radical (unpaired) electrons. The van der Waals surface area contributed by atoms with Gasteiger partial charge in [0, 0.05) is 5.56 Å². The maximum Gasteiger partial charge on any atom is 0.310 e. The minimum Gasteiger partial charge on any atom is -0.486 e. The van der Waals surface area contributed by atoms with Gasteiger partial charge in [-0.15, -0.1) is 0 Å². The molecule has 0 aromatic heterocycles. The zero-order chi connectivity index (χ0) is 14.4. The van der Waals surface area contributed by atoms with E-state index >= 15 is 0 Å². The van der Waals surface area contributed by atoms with Crippen molar-refractivity contribution in [2.45, 2.75) is 13.0 Å². The lowest BCUT2D eigenvalue weighted by Gasteiger charge is -2.12. The summed E-state index contributed by atoms with van der Waals surface area (Å²) in [6.07, 6.45) is -0.0155. The van der Waals surface area contributed by atoms with Crippen LogP contribution in [-0.4, -0.2) is 13.1 Å². The predicted molar refractivity (Wildman–Crippen MR) is 72.9 cm³/mol. The molecule has 0 amide bonds. The first-order valence-electron chi connectivity index (χ1n) is 6.21. The topological polar surface area (TPSA) is 35.5 Å². The second-order valence-electron chi connectivity index (χ2n) is 4.26. The Kier molecular flexibility index (Phi) is 4.71. The molecule has 0 spiro atoms. The number of hydrogen-bond donors (Lipinski definition) is 0. The van der Waals surface area contributed by atoms with Crippen LogP contribution in [0.4, 0.5) is 4.39 Å². The highest BCUT2D eigenvalue weighted by Gasteiger charge is 2.13. The second kappa shape index (κ2) is 6.70. The normalized spacial score (nSPS) is 10.1. The van der Waals surface area contributed by atoms with E-state index in [0.717, 1.165) is 5.56 Å². The Morgan fingerprint density at radius 2 is 1.85 bits per heavy atom. The van der Waals surface area contributed by atoms with E-state index in [1.807, 2.05) is 30.3 Å².